The van der Waals surface area contributed by atoms with E-state index in [0.29, 0.717) is 11.5 Å². The molecule has 0 spiro atoms. The van der Waals surface area contributed by atoms with Gasteiger partial charge in [0, 0.05) is 96.3 Å². The first-order chi connectivity index (χ1) is 29.2. The molecular formula is C50H36I2N4O2S2Zn. The molecule has 61 heavy (non-hydrogen) atoms. The van der Waals surface area contributed by atoms with Crippen molar-refractivity contribution in [1.82, 2.24) is 19.9 Å². The smallest absolute Gasteiger partial charge is 0.186 e. The fourth-order valence-electron chi connectivity index (χ4n) is 7.71. The number of thioether (sulfide) groups is 2. The fraction of sp³-hybridized carbons (Fsp3) is 0.0800. The fourth-order valence-corrected chi connectivity index (χ4v) is 9.90. The van der Waals surface area contributed by atoms with E-state index < -0.39 is 0 Å². The third-order valence-corrected chi connectivity index (χ3v) is 13.4. The van der Waals surface area contributed by atoms with Crippen LogP contribution in [0.3, 0.4) is 0 Å². The number of rotatable bonds is 8. The monoisotopic (exact) mass is 1110 g/mol. The van der Waals surface area contributed by atoms with Gasteiger partial charge in [0.05, 0.1) is 22.8 Å². The van der Waals surface area contributed by atoms with Gasteiger partial charge in [-0.25, -0.2) is 9.97 Å². The number of carbonyl (C=O) groups is 2. The third-order valence-electron chi connectivity index (χ3n) is 10.3. The van der Waals surface area contributed by atoms with E-state index >= 15 is 0 Å². The number of carbonyl (C=O) groups excluding carboxylic acids is 2. The molecule has 0 atom stereocenters. The molecule has 0 aliphatic carbocycles. The van der Waals surface area contributed by atoms with Crippen molar-refractivity contribution < 1.29 is 29.1 Å². The van der Waals surface area contributed by atoms with Crippen molar-refractivity contribution in [3.05, 3.63) is 162 Å². The van der Waals surface area contributed by atoms with E-state index in [1.165, 1.54) is 23.5 Å². The molecule has 11 heteroatoms. The minimum absolute atomic E-state index is 0. The van der Waals surface area contributed by atoms with Gasteiger partial charge in [0.15, 0.2) is 10.2 Å². The van der Waals surface area contributed by atoms with Crippen LogP contribution >= 0.6 is 68.7 Å². The average molecular weight is 1110 g/mol. The minimum atomic E-state index is 0. The number of aromatic amines is 2. The molecule has 0 unspecified atom stereocenters. The number of fused-ring (bicyclic) bond motifs is 8. The second-order valence-electron chi connectivity index (χ2n) is 14.5. The zero-order chi connectivity index (χ0) is 41.3. The Kier molecular flexibility index (Phi) is 13.4. The molecule has 296 valence electrons. The summed E-state index contributed by atoms with van der Waals surface area (Å²) >= 11 is 7.36. The summed E-state index contributed by atoms with van der Waals surface area (Å²) in [5, 5.41) is 0.176. The molecule has 0 radical (unpaired) electrons. The minimum Gasteiger partial charge on any atom is -0.354 e. The maximum Gasteiger partial charge on any atom is 0.186 e. The van der Waals surface area contributed by atoms with E-state index in [1.807, 2.05) is 0 Å². The van der Waals surface area contributed by atoms with Gasteiger partial charge < -0.3 is 9.97 Å². The Labute approximate surface area is 402 Å². The van der Waals surface area contributed by atoms with Gasteiger partial charge in [0.25, 0.3) is 0 Å². The summed E-state index contributed by atoms with van der Waals surface area (Å²) in [5.74, 6) is 1.17. The Morgan fingerprint density at radius 2 is 0.787 bits per heavy atom. The van der Waals surface area contributed by atoms with E-state index in [2.05, 4.69) is 201 Å². The average Bonchev–Trinajstić information content (AvgIpc) is 4.08. The van der Waals surface area contributed by atoms with Crippen LogP contribution in [-0.2, 0) is 40.6 Å². The van der Waals surface area contributed by atoms with E-state index in [4.69, 9.17) is 9.97 Å². The first kappa shape index (κ1) is 43.3. The summed E-state index contributed by atoms with van der Waals surface area (Å²) in [7, 11) is 0. The van der Waals surface area contributed by atoms with Crippen molar-refractivity contribution in [1.29, 1.82) is 0 Å². The van der Waals surface area contributed by atoms with Gasteiger partial charge in [0.1, 0.15) is 0 Å². The summed E-state index contributed by atoms with van der Waals surface area (Å²) < 4.78 is 2.24. The van der Waals surface area contributed by atoms with Crippen molar-refractivity contribution >= 4 is 125 Å². The molecular weight excluding hydrogens is 1070 g/mol. The Morgan fingerprint density at radius 3 is 1.10 bits per heavy atom. The van der Waals surface area contributed by atoms with Crippen LogP contribution < -0.4 is 0 Å². The second-order valence-corrected chi connectivity index (χ2v) is 19.3. The van der Waals surface area contributed by atoms with E-state index in [9.17, 15) is 9.59 Å². The Bertz CT molecular complexity index is 2910. The van der Waals surface area contributed by atoms with Crippen molar-refractivity contribution in [2.75, 3.05) is 0 Å². The van der Waals surface area contributed by atoms with Crippen molar-refractivity contribution in [3.63, 3.8) is 0 Å². The summed E-state index contributed by atoms with van der Waals surface area (Å²) in [6, 6.07) is 42.4. The van der Waals surface area contributed by atoms with Crippen LogP contribution in [0.2, 0.25) is 0 Å². The molecule has 0 saturated carbocycles. The zero-order valence-electron chi connectivity index (χ0n) is 33.3. The van der Waals surface area contributed by atoms with Gasteiger partial charge in [-0.15, -0.1) is 0 Å². The molecule has 0 saturated heterocycles. The van der Waals surface area contributed by atoms with Gasteiger partial charge in [-0.3, -0.25) is 9.59 Å². The van der Waals surface area contributed by atoms with Gasteiger partial charge in [-0.1, -0.05) is 96.3 Å². The van der Waals surface area contributed by atoms with Crippen LogP contribution in [0, 0.1) is 7.14 Å². The van der Waals surface area contributed by atoms with Gasteiger partial charge in [0.2, 0.25) is 0 Å². The maximum atomic E-state index is 12.0. The molecule has 4 aromatic carbocycles. The van der Waals surface area contributed by atoms with Crippen LogP contribution in [0.5, 0.6) is 0 Å². The summed E-state index contributed by atoms with van der Waals surface area (Å²) in [5.41, 5.74) is 17.1. The van der Waals surface area contributed by atoms with Crippen molar-refractivity contribution in [2.45, 2.75) is 25.4 Å². The molecule has 3 aromatic heterocycles. The van der Waals surface area contributed by atoms with Crippen molar-refractivity contribution in [2.24, 2.45) is 0 Å². The topological polar surface area (TPSA) is 91.5 Å². The van der Waals surface area contributed by atoms with E-state index in [1.54, 1.807) is 13.8 Å². The molecule has 9 rings (SSSR count). The molecule has 2 aliphatic rings. The van der Waals surface area contributed by atoms with Crippen LogP contribution in [0.1, 0.15) is 47.8 Å². The predicted octanol–water partition coefficient (Wildman–Crippen LogP) is 14.1. The molecule has 7 aromatic rings. The number of nitrogens with one attached hydrogen (secondary N) is 2. The first-order valence-corrected chi connectivity index (χ1v) is 23.4. The molecule has 0 amide bonds. The third kappa shape index (κ3) is 9.51. The van der Waals surface area contributed by atoms with Gasteiger partial charge in [-0.2, -0.15) is 0 Å². The quantitative estimate of drug-likeness (QED) is 0.116. The Morgan fingerprint density at radius 1 is 0.475 bits per heavy atom. The SMILES string of the molecule is CC(=O)SCc1cccc(-c2c3nc(c(-c4cccc(I)c4)c4ccc([nH]4)c(-c4cccc(CSC(C)=O)c4)c4nc(c(-c5cccc(I)c5)c5ccc2[nH]5)C=C4)C=C3)c1.[Zn]. The molecule has 2 N–H and O–H groups in total. The normalized spacial score (nSPS) is 11.7. The number of aromatic nitrogens is 4. The number of H-pyrrole nitrogens is 2. The molecule has 2 aliphatic heterocycles. The number of halogens is 2. The van der Waals surface area contributed by atoms with Crippen LogP contribution in [0.25, 0.3) is 90.9 Å². The molecule has 8 bridgehead atoms. The van der Waals surface area contributed by atoms with Gasteiger partial charge in [-0.05, 0) is 151 Å². The Balaban J connectivity index is 0.00000514. The number of nitrogens with zero attached hydrogens (tertiary/aromatic N) is 2. The molecule has 5 heterocycles. The van der Waals surface area contributed by atoms with E-state index in [0.717, 1.165) is 108 Å². The second kappa shape index (κ2) is 18.9. The summed E-state index contributed by atoms with van der Waals surface area (Å²) in [4.78, 5) is 42.5. The van der Waals surface area contributed by atoms with Crippen LogP contribution in [0.15, 0.2) is 121 Å². The largest absolute Gasteiger partial charge is 0.354 e. The van der Waals surface area contributed by atoms with Crippen LogP contribution in [-0.4, -0.2) is 30.2 Å². The number of hydrogen-bond acceptors (Lipinski definition) is 6. The van der Waals surface area contributed by atoms with Gasteiger partial charge >= 0.3 is 0 Å². The number of benzene rings is 4. The summed E-state index contributed by atoms with van der Waals surface area (Å²) in [6.07, 6.45) is 8.43. The van der Waals surface area contributed by atoms with Crippen molar-refractivity contribution in [3.8, 4) is 44.5 Å². The first-order valence-electron chi connectivity index (χ1n) is 19.3. The van der Waals surface area contributed by atoms with Crippen LogP contribution in [0.4, 0.5) is 0 Å². The summed E-state index contributed by atoms with van der Waals surface area (Å²) in [6.45, 7) is 3.22. The van der Waals surface area contributed by atoms with E-state index in [-0.39, 0.29) is 29.7 Å². The maximum absolute atomic E-state index is 12.0. The molecule has 6 nitrogen and oxygen atoms in total. The Hall–Kier alpha value is -4.40. The standard InChI is InChI=1S/C50H36I2N4O2S2.Zn/c1-29(57)59-27-31-7-3-9-33(23-31)47-39-15-19-43(53-39)49(35-11-5-13-37(51)25-35)45-21-17-41(55-45)48(34-10-4-8-32(24-34)28-60-30(2)58)42-18-22-46(56-42)50(44-20-16-40(47)54-44)36-12-6-14-38(52)26-36;/h3-26,53,56H,27-28H2,1-2H3;. The number of hydrogen-bond donors (Lipinski definition) is 2. The molecule has 0 fully saturated rings. The predicted molar refractivity (Wildman–Crippen MR) is 270 cm³/mol. The zero-order valence-corrected chi connectivity index (χ0v) is 42.2.